The summed E-state index contributed by atoms with van der Waals surface area (Å²) in [5.41, 5.74) is 2.66. The van der Waals surface area contributed by atoms with Crippen LogP contribution < -0.4 is 16.2 Å². The van der Waals surface area contributed by atoms with Crippen molar-refractivity contribution < 1.29 is 13.9 Å². The number of amides is 1. The Balaban J connectivity index is 1.98. The molecule has 1 fully saturated rings. The van der Waals surface area contributed by atoms with Gasteiger partial charge in [-0.15, -0.1) is 0 Å². The first-order valence-electron chi connectivity index (χ1n) is 6.81. The van der Waals surface area contributed by atoms with E-state index in [1.165, 1.54) is 6.07 Å². The lowest BCUT2D eigenvalue weighted by Gasteiger charge is -2.26. The molecule has 0 spiro atoms. The van der Waals surface area contributed by atoms with Gasteiger partial charge in [0.25, 0.3) is 5.91 Å². The van der Waals surface area contributed by atoms with Crippen LogP contribution in [-0.2, 0) is 9.53 Å². The van der Waals surface area contributed by atoms with Crippen molar-refractivity contribution in [1.82, 2.24) is 5.43 Å². The quantitative estimate of drug-likeness (QED) is 0.483. The summed E-state index contributed by atoms with van der Waals surface area (Å²) >= 11 is 0. The van der Waals surface area contributed by atoms with Gasteiger partial charge in [-0.05, 0) is 31.9 Å². The number of halogens is 1. The first-order valence-corrected chi connectivity index (χ1v) is 6.81. The summed E-state index contributed by atoms with van der Waals surface area (Å²) in [5.74, 6) is 4.55. The van der Waals surface area contributed by atoms with Crippen LogP contribution in [0, 0.1) is 5.82 Å². The molecule has 6 heteroatoms. The summed E-state index contributed by atoms with van der Waals surface area (Å²) in [6, 6.07) is 6.66. The number of carbonyl (C=O) groups is 1. The van der Waals surface area contributed by atoms with E-state index in [9.17, 15) is 9.18 Å². The summed E-state index contributed by atoms with van der Waals surface area (Å²) in [6.07, 6.45) is 0.826. The molecule has 1 aromatic carbocycles. The number of likely N-dealkylation sites (N-methyl/N-ethyl adjacent to an activating group) is 1. The predicted molar refractivity (Wildman–Crippen MR) is 74.5 cm³/mol. The number of anilines is 1. The maximum absolute atomic E-state index is 13.8. The lowest BCUT2D eigenvalue weighted by Crippen LogP contribution is -2.40. The number of hydrazine groups is 1. The normalized spacial score (nSPS) is 21.8. The number of ether oxygens (including phenoxy) is 1. The number of nitrogens with zero attached hydrogens (tertiary/aromatic N) is 1. The zero-order valence-electron chi connectivity index (χ0n) is 11.5. The van der Waals surface area contributed by atoms with E-state index < -0.39 is 6.10 Å². The van der Waals surface area contributed by atoms with Gasteiger partial charge in [-0.25, -0.2) is 10.2 Å². The van der Waals surface area contributed by atoms with Gasteiger partial charge >= 0.3 is 0 Å². The number of rotatable bonds is 5. The number of benzene rings is 1. The number of carbonyl (C=O) groups excluding carboxylic acids is 1. The van der Waals surface area contributed by atoms with Gasteiger partial charge < -0.3 is 9.64 Å². The average Bonchev–Trinajstić information content (AvgIpc) is 2.93. The van der Waals surface area contributed by atoms with Crippen LogP contribution in [0.1, 0.15) is 19.8 Å². The van der Waals surface area contributed by atoms with Gasteiger partial charge in [0.15, 0.2) is 0 Å². The Bertz CT molecular complexity index is 469. The largest absolute Gasteiger partial charge is 0.367 e. The molecule has 110 valence electrons. The average molecular weight is 281 g/mol. The van der Waals surface area contributed by atoms with Gasteiger partial charge in [0, 0.05) is 13.1 Å². The highest BCUT2D eigenvalue weighted by Crippen LogP contribution is 2.24. The Hall–Kier alpha value is -1.66. The molecule has 1 saturated heterocycles. The Labute approximate surface area is 117 Å². The monoisotopic (exact) mass is 281 g/mol. The molecule has 0 aromatic heterocycles. The molecule has 2 rings (SSSR count). The lowest BCUT2D eigenvalue weighted by molar-refractivity contribution is -0.131. The van der Waals surface area contributed by atoms with E-state index in [0.29, 0.717) is 25.2 Å². The molecule has 0 aliphatic carbocycles. The van der Waals surface area contributed by atoms with Crippen LogP contribution in [0.2, 0.25) is 0 Å². The van der Waals surface area contributed by atoms with E-state index in [1.807, 2.05) is 11.8 Å². The first-order chi connectivity index (χ1) is 9.65. The summed E-state index contributed by atoms with van der Waals surface area (Å²) in [5, 5.41) is 0. The SMILES string of the molecule is CCN(CC1CCC(C(=O)NN)O1)c1ccccc1F. The van der Waals surface area contributed by atoms with Crippen molar-refractivity contribution in [3.63, 3.8) is 0 Å². The van der Waals surface area contributed by atoms with Crippen LogP contribution in [0.5, 0.6) is 0 Å². The lowest BCUT2D eigenvalue weighted by atomic mass is 10.1. The van der Waals surface area contributed by atoms with Crippen LogP contribution in [-0.4, -0.2) is 31.2 Å². The van der Waals surface area contributed by atoms with E-state index in [-0.39, 0.29) is 17.8 Å². The fourth-order valence-corrected chi connectivity index (χ4v) is 2.48. The summed E-state index contributed by atoms with van der Waals surface area (Å²) in [6.45, 7) is 3.20. The highest BCUT2D eigenvalue weighted by molar-refractivity contribution is 5.80. The highest BCUT2D eigenvalue weighted by atomic mass is 19.1. The van der Waals surface area contributed by atoms with E-state index in [4.69, 9.17) is 10.6 Å². The highest BCUT2D eigenvalue weighted by Gasteiger charge is 2.31. The molecule has 1 amide bonds. The Kier molecular flexibility index (Phi) is 4.92. The zero-order valence-corrected chi connectivity index (χ0v) is 11.5. The topological polar surface area (TPSA) is 67.6 Å². The molecule has 5 nitrogen and oxygen atoms in total. The van der Waals surface area contributed by atoms with Crippen molar-refractivity contribution >= 4 is 11.6 Å². The van der Waals surface area contributed by atoms with Crippen molar-refractivity contribution in [3.8, 4) is 0 Å². The van der Waals surface area contributed by atoms with Crippen molar-refractivity contribution in [2.24, 2.45) is 5.84 Å². The second-order valence-corrected chi connectivity index (χ2v) is 4.82. The number of nitrogens with one attached hydrogen (secondary N) is 1. The molecule has 3 N–H and O–H groups in total. The molecular formula is C14H20FN3O2. The van der Waals surface area contributed by atoms with E-state index in [0.717, 1.165) is 6.42 Å². The van der Waals surface area contributed by atoms with Crippen LogP contribution in [0.4, 0.5) is 10.1 Å². The number of para-hydroxylation sites is 1. The third kappa shape index (κ3) is 3.26. The second kappa shape index (κ2) is 6.67. The molecular weight excluding hydrogens is 261 g/mol. The van der Waals surface area contributed by atoms with E-state index in [2.05, 4.69) is 5.43 Å². The molecule has 20 heavy (non-hydrogen) atoms. The predicted octanol–water partition coefficient (Wildman–Crippen LogP) is 1.19. The molecule has 0 bridgehead atoms. The van der Waals surface area contributed by atoms with Crippen molar-refractivity contribution in [2.75, 3.05) is 18.0 Å². The van der Waals surface area contributed by atoms with Crippen LogP contribution in [0.15, 0.2) is 24.3 Å². The molecule has 1 heterocycles. The zero-order chi connectivity index (χ0) is 14.5. The van der Waals surface area contributed by atoms with Crippen LogP contribution in [0.25, 0.3) is 0 Å². The van der Waals surface area contributed by atoms with Crippen LogP contribution >= 0.6 is 0 Å². The van der Waals surface area contributed by atoms with Gasteiger partial charge in [0.05, 0.1) is 11.8 Å². The maximum atomic E-state index is 13.8. The minimum Gasteiger partial charge on any atom is -0.367 e. The summed E-state index contributed by atoms with van der Waals surface area (Å²) in [4.78, 5) is 13.3. The standard InChI is InChI=1S/C14H20FN3O2/c1-2-18(12-6-4-3-5-11(12)15)9-10-7-8-13(20-10)14(19)17-16/h3-6,10,13H,2,7-9,16H2,1H3,(H,17,19). The van der Waals surface area contributed by atoms with Gasteiger partial charge in [0.2, 0.25) is 0 Å². The molecule has 0 saturated carbocycles. The Morgan fingerprint density at radius 2 is 2.25 bits per heavy atom. The minimum absolute atomic E-state index is 0.0862. The molecule has 1 aromatic rings. The molecule has 2 unspecified atom stereocenters. The van der Waals surface area contributed by atoms with Gasteiger partial charge in [-0.3, -0.25) is 10.2 Å². The van der Waals surface area contributed by atoms with Gasteiger partial charge in [0.1, 0.15) is 11.9 Å². The number of nitrogens with two attached hydrogens (primary N) is 1. The Morgan fingerprint density at radius 3 is 2.90 bits per heavy atom. The summed E-state index contributed by atoms with van der Waals surface area (Å²) in [7, 11) is 0. The fraction of sp³-hybridized carbons (Fsp3) is 0.500. The maximum Gasteiger partial charge on any atom is 0.263 e. The van der Waals surface area contributed by atoms with Crippen LogP contribution in [0.3, 0.4) is 0 Å². The molecule has 0 radical (unpaired) electrons. The Morgan fingerprint density at radius 1 is 1.50 bits per heavy atom. The fourth-order valence-electron chi connectivity index (χ4n) is 2.48. The smallest absolute Gasteiger partial charge is 0.263 e. The molecule has 1 aliphatic heterocycles. The molecule has 1 aliphatic rings. The van der Waals surface area contributed by atoms with Gasteiger partial charge in [-0.1, -0.05) is 12.1 Å². The van der Waals surface area contributed by atoms with E-state index >= 15 is 0 Å². The van der Waals surface area contributed by atoms with Crippen molar-refractivity contribution in [3.05, 3.63) is 30.1 Å². The number of hydrogen-bond donors (Lipinski definition) is 2. The minimum atomic E-state index is -0.496. The first kappa shape index (κ1) is 14.7. The second-order valence-electron chi connectivity index (χ2n) is 4.82. The third-order valence-electron chi connectivity index (χ3n) is 3.54. The van der Waals surface area contributed by atoms with Crippen molar-refractivity contribution in [1.29, 1.82) is 0 Å². The molecule has 2 atom stereocenters. The van der Waals surface area contributed by atoms with Gasteiger partial charge in [-0.2, -0.15) is 0 Å². The van der Waals surface area contributed by atoms with E-state index in [1.54, 1.807) is 18.2 Å². The number of hydrogen-bond acceptors (Lipinski definition) is 4. The summed E-state index contributed by atoms with van der Waals surface area (Å²) < 4.78 is 19.4. The van der Waals surface area contributed by atoms with Crippen molar-refractivity contribution in [2.45, 2.75) is 32.0 Å². The third-order valence-corrected chi connectivity index (χ3v) is 3.54.